The zero-order valence-electron chi connectivity index (χ0n) is 16.9. The molecule has 0 radical (unpaired) electrons. The van der Waals surface area contributed by atoms with E-state index in [1.165, 1.54) is 5.56 Å². The number of carbonyl (C=O) groups is 1. The van der Waals surface area contributed by atoms with Crippen LogP contribution in [0.4, 0.5) is 11.9 Å². The Balaban J connectivity index is 1.71. The molecule has 0 aliphatic carbocycles. The number of hydrogen-bond acceptors (Lipinski definition) is 4. The SMILES string of the molecule is Cc1ccc([C@@H]2C=C(c3ccccc3)Nc3nc(NC(=O)CC(C)C)nn32)cc1. The van der Waals surface area contributed by atoms with Crippen LogP contribution in [0, 0.1) is 12.8 Å². The highest BCUT2D eigenvalue weighted by atomic mass is 16.1. The normalized spacial score (nSPS) is 15.4. The number of fused-ring (bicyclic) bond motifs is 1. The maximum absolute atomic E-state index is 12.2. The number of benzene rings is 2. The summed E-state index contributed by atoms with van der Waals surface area (Å²) in [6, 6.07) is 18.4. The molecule has 4 rings (SSSR count). The van der Waals surface area contributed by atoms with Gasteiger partial charge in [0.05, 0.1) is 0 Å². The number of carbonyl (C=O) groups excluding carboxylic acids is 1. The monoisotopic (exact) mass is 387 g/mol. The van der Waals surface area contributed by atoms with Crippen molar-refractivity contribution in [1.29, 1.82) is 0 Å². The predicted molar refractivity (Wildman–Crippen MR) is 115 cm³/mol. The molecule has 29 heavy (non-hydrogen) atoms. The molecule has 0 spiro atoms. The number of hydrogen-bond donors (Lipinski definition) is 2. The molecule has 1 aliphatic heterocycles. The molecule has 148 valence electrons. The second-order valence-corrected chi connectivity index (χ2v) is 7.78. The summed E-state index contributed by atoms with van der Waals surface area (Å²) in [6.45, 7) is 6.09. The van der Waals surface area contributed by atoms with Gasteiger partial charge in [-0.1, -0.05) is 74.0 Å². The van der Waals surface area contributed by atoms with Gasteiger partial charge in [-0.15, -0.1) is 5.10 Å². The lowest BCUT2D eigenvalue weighted by molar-refractivity contribution is -0.116. The van der Waals surface area contributed by atoms with Crippen molar-refractivity contribution in [2.24, 2.45) is 5.92 Å². The van der Waals surface area contributed by atoms with Crippen molar-refractivity contribution in [2.45, 2.75) is 33.2 Å². The predicted octanol–water partition coefficient (Wildman–Crippen LogP) is 4.63. The molecule has 3 aromatic rings. The van der Waals surface area contributed by atoms with Gasteiger partial charge in [0.15, 0.2) is 0 Å². The van der Waals surface area contributed by atoms with Crippen LogP contribution in [0.15, 0.2) is 60.7 Å². The van der Waals surface area contributed by atoms with E-state index in [9.17, 15) is 4.79 Å². The Morgan fingerprint density at radius 1 is 1.14 bits per heavy atom. The van der Waals surface area contributed by atoms with Crippen molar-refractivity contribution < 1.29 is 4.79 Å². The first-order chi connectivity index (χ1) is 14.0. The summed E-state index contributed by atoms with van der Waals surface area (Å²) in [5, 5.41) is 10.8. The molecule has 1 aliphatic rings. The number of allylic oxidation sites excluding steroid dienone is 1. The van der Waals surface area contributed by atoms with Crippen LogP contribution < -0.4 is 10.6 Å². The molecule has 6 heteroatoms. The van der Waals surface area contributed by atoms with E-state index in [1.807, 2.05) is 36.7 Å². The zero-order chi connectivity index (χ0) is 20.4. The fraction of sp³-hybridized carbons (Fsp3) is 0.261. The molecule has 0 unspecified atom stereocenters. The van der Waals surface area contributed by atoms with Crippen LogP contribution >= 0.6 is 0 Å². The Labute approximate surface area is 170 Å². The van der Waals surface area contributed by atoms with Gasteiger partial charge in [-0.2, -0.15) is 4.98 Å². The summed E-state index contributed by atoms with van der Waals surface area (Å²) >= 11 is 0. The second-order valence-electron chi connectivity index (χ2n) is 7.78. The van der Waals surface area contributed by atoms with Gasteiger partial charge in [-0.05, 0) is 30.0 Å². The highest BCUT2D eigenvalue weighted by Crippen LogP contribution is 2.33. The largest absolute Gasteiger partial charge is 0.324 e. The lowest BCUT2D eigenvalue weighted by Crippen LogP contribution is -2.20. The highest BCUT2D eigenvalue weighted by molar-refractivity contribution is 5.89. The third-order valence-electron chi connectivity index (χ3n) is 4.81. The molecule has 0 saturated carbocycles. The Bertz CT molecular complexity index is 1030. The third kappa shape index (κ3) is 4.21. The van der Waals surface area contributed by atoms with E-state index >= 15 is 0 Å². The number of aromatic nitrogens is 3. The first kappa shape index (κ1) is 18.9. The average Bonchev–Trinajstić information content (AvgIpc) is 3.10. The van der Waals surface area contributed by atoms with Gasteiger partial charge >= 0.3 is 0 Å². The number of anilines is 2. The number of aryl methyl sites for hydroxylation is 1. The van der Waals surface area contributed by atoms with Gasteiger partial charge in [-0.3, -0.25) is 10.1 Å². The first-order valence-electron chi connectivity index (χ1n) is 9.87. The smallest absolute Gasteiger partial charge is 0.250 e. The van der Waals surface area contributed by atoms with Crippen LogP contribution in [0.2, 0.25) is 0 Å². The van der Waals surface area contributed by atoms with Crippen molar-refractivity contribution in [3.63, 3.8) is 0 Å². The maximum atomic E-state index is 12.2. The second kappa shape index (κ2) is 7.91. The Morgan fingerprint density at radius 2 is 1.86 bits per heavy atom. The molecule has 0 fully saturated rings. The van der Waals surface area contributed by atoms with E-state index in [0.29, 0.717) is 18.3 Å². The number of rotatable bonds is 5. The standard InChI is InChI=1S/C23H25N5O/c1-15(2)13-21(29)25-22-26-23-24-19(17-7-5-4-6-8-17)14-20(28(23)27-22)18-11-9-16(3)10-12-18/h4-12,14-15,20H,13H2,1-3H3,(H2,24,25,26,27,29)/t20-/m0/s1. The first-order valence-corrected chi connectivity index (χ1v) is 9.87. The minimum absolute atomic E-state index is 0.0777. The molecule has 0 saturated heterocycles. The quantitative estimate of drug-likeness (QED) is 0.670. The van der Waals surface area contributed by atoms with Crippen LogP contribution in [0.3, 0.4) is 0 Å². The average molecular weight is 387 g/mol. The minimum atomic E-state index is -0.120. The Morgan fingerprint density at radius 3 is 2.55 bits per heavy atom. The van der Waals surface area contributed by atoms with Crippen molar-refractivity contribution in [1.82, 2.24) is 14.8 Å². The van der Waals surface area contributed by atoms with Crippen molar-refractivity contribution in [3.05, 3.63) is 77.4 Å². The molecule has 1 aromatic heterocycles. The van der Waals surface area contributed by atoms with E-state index in [1.54, 1.807) is 0 Å². The van der Waals surface area contributed by atoms with Gasteiger partial charge in [-0.25, -0.2) is 4.68 Å². The number of amides is 1. The van der Waals surface area contributed by atoms with Crippen LogP contribution in [-0.4, -0.2) is 20.7 Å². The Kier molecular flexibility index (Phi) is 5.16. The molecular formula is C23H25N5O. The summed E-state index contributed by atoms with van der Waals surface area (Å²) in [4.78, 5) is 16.7. The third-order valence-corrected chi connectivity index (χ3v) is 4.81. The molecule has 2 heterocycles. The van der Waals surface area contributed by atoms with Crippen LogP contribution in [0.5, 0.6) is 0 Å². The molecule has 0 bridgehead atoms. The van der Waals surface area contributed by atoms with E-state index in [0.717, 1.165) is 16.8 Å². The molecule has 6 nitrogen and oxygen atoms in total. The lowest BCUT2D eigenvalue weighted by Gasteiger charge is -2.24. The van der Waals surface area contributed by atoms with Crippen LogP contribution in [0.25, 0.3) is 5.70 Å². The summed E-state index contributed by atoms with van der Waals surface area (Å²) < 4.78 is 1.82. The van der Waals surface area contributed by atoms with Crippen LogP contribution in [-0.2, 0) is 4.79 Å². The van der Waals surface area contributed by atoms with E-state index in [2.05, 4.69) is 70.1 Å². The highest BCUT2D eigenvalue weighted by Gasteiger charge is 2.25. The van der Waals surface area contributed by atoms with Crippen LogP contribution in [0.1, 0.15) is 43.0 Å². The summed E-state index contributed by atoms with van der Waals surface area (Å²) in [5.74, 6) is 1.12. The number of nitrogens with one attached hydrogen (secondary N) is 2. The lowest BCUT2D eigenvalue weighted by atomic mass is 10.0. The van der Waals surface area contributed by atoms with Crippen molar-refractivity contribution in [2.75, 3.05) is 10.6 Å². The summed E-state index contributed by atoms with van der Waals surface area (Å²) in [6.07, 6.45) is 2.58. The van der Waals surface area contributed by atoms with Gasteiger partial charge < -0.3 is 5.32 Å². The number of nitrogens with zero attached hydrogens (tertiary/aromatic N) is 3. The minimum Gasteiger partial charge on any atom is -0.324 e. The van der Waals surface area contributed by atoms with Gasteiger partial charge in [0, 0.05) is 12.1 Å². The van der Waals surface area contributed by atoms with Crippen molar-refractivity contribution in [3.8, 4) is 0 Å². The Hall–Kier alpha value is -3.41. The summed E-state index contributed by atoms with van der Waals surface area (Å²) in [5.41, 5.74) is 4.35. The van der Waals surface area contributed by atoms with Crippen molar-refractivity contribution >= 4 is 23.5 Å². The van der Waals surface area contributed by atoms with Gasteiger partial charge in [0.1, 0.15) is 6.04 Å². The summed E-state index contributed by atoms with van der Waals surface area (Å²) in [7, 11) is 0. The van der Waals surface area contributed by atoms with E-state index < -0.39 is 0 Å². The molecule has 1 atom stereocenters. The zero-order valence-corrected chi connectivity index (χ0v) is 16.9. The van der Waals surface area contributed by atoms with Gasteiger partial charge in [0.2, 0.25) is 11.9 Å². The molecule has 2 N–H and O–H groups in total. The molecule has 2 aromatic carbocycles. The van der Waals surface area contributed by atoms with E-state index in [4.69, 9.17) is 0 Å². The maximum Gasteiger partial charge on any atom is 0.250 e. The fourth-order valence-corrected chi connectivity index (χ4v) is 3.38. The molecular weight excluding hydrogens is 362 g/mol. The fourth-order valence-electron chi connectivity index (χ4n) is 3.38. The topological polar surface area (TPSA) is 71.8 Å². The van der Waals surface area contributed by atoms with Gasteiger partial charge in [0.25, 0.3) is 5.95 Å². The van der Waals surface area contributed by atoms with E-state index in [-0.39, 0.29) is 17.9 Å². The molecule has 1 amide bonds.